The van der Waals surface area contributed by atoms with E-state index in [-0.39, 0.29) is 11.7 Å². The fourth-order valence-corrected chi connectivity index (χ4v) is 2.49. The van der Waals surface area contributed by atoms with Gasteiger partial charge in [0, 0.05) is 12.8 Å². The molecule has 2 N–H and O–H groups in total. The Morgan fingerprint density at radius 1 is 1.35 bits per heavy atom. The van der Waals surface area contributed by atoms with Crippen molar-refractivity contribution in [2.75, 3.05) is 13.2 Å². The Balaban J connectivity index is 2.18. The maximum Gasteiger partial charge on any atom is 0.338 e. The molecule has 8 heteroatoms. The largest absolute Gasteiger partial charge is 0.459 e. The Labute approximate surface area is 115 Å². The van der Waals surface area contributed by atoms with Gasteiger partial charge in [-0.25, -0.2) is 22.7 Å². The molecule has 0 saturated carbocycles. The fraction of sp³-hybridized carbons (Fsp3) is 0.417. The number of hydrogen-bond acceptors (Lipinski definition) is 5. The highest BCUT2D eigenvalue weighted by Crippen LogP contribution is 2.18. The molecular formula is C12H14FNO5S. The summed E-state index contributed by atoms with van der Waals surface area (Å²) in [5.41, 5.74) is -0.0538. The van der Waals surface area contributed by atoms with Crippen LogP contribution in [-0.2, 0) is 19.5 Å². The number of sulfonamides is 1. The maximum absolute atomic E-state index is 13.4. The number of carbonyl (C=O) groups excluding carboxylic acids is 1. The summed E-state index contributed by atoms with van der Waals surface area (Å²) in [5, 5.41) is 4.87. The van der Waals surface area contributed by atoms with E-state index in [2.05, 4.69) is 0 Å². The van der Waals surface area contributed by atoms with E-state index < -0.39 is 26.7 Å². The van der Waals surface area contributed by atoms with E-state index in [0.717, 1.165) is 18.2 Å². The molecule has 0 aliphatic carbocycles. The zero-order chi connectivity index (χ0) is 14.8. The van der Waals surface area contributed by atoms with Crippen LogP contribution in [0.3, 0.4) is 0 Å². The summed E-state index contributed by atoms with van der Waals surface area (Å²) in [6.45, 7) is 1.01. The van der Waals surface area contributed by atoms with Gasteiger partial charge in [0.05, 0.1) is 18.8 Å². The molecule has 0 radical (unpaired) electrons. The first-order chi connectivity index (χ1) is 9.38. The number of primary sulfonamides is 1. The highest BCUT2D eigenvalue weighted by Gasteiger charge is 2.22. The van der Waals surface area contributed by atoms with Crippen molar-refractivity contribution in [3.8, 4) is 0 Å². The molecule has 0 bridgehead atoms. The molecule has 0 atom stereocenters. The minimum atomic E-state index is -4.23. The third-order valence-corrected chi connectivity index (χ3v) is 3.84. The molecule has 1 fully saturated rings. The molecule has 1 aliphatic rings. The zero-order valence-electron chi connectivity index (χ0n) is 10.5. The first-order valence-corrected chi connectivity index (χ1v) is 7.53. The summed E-state index contributed by atoms with van der Waals surface area (Å²) in [6, 6.07) is 2.91. The molecule has 1 aromatic carbocycles. The number of benzene rings is 1. The number of esters is 1. The fourth-order valence-electron chi connectivity index (χ4n) is 1.86. The summed E-state index contributed by atoms with van der Waals surface area (Å²) in [4.78, 5) is 11.2. The van der Waals surface area contributed by atoms with Crippen LogP contribution in [-0.4, -0.2) is 33.7 Å². The van der Waals surface area contributed by atoms with Gasteiger partial charge in [-0.05, 0) is 18.2 Å². The number of nitrogens with two attached hydrogens (primary N) is 1. The maximum atomic E-state index is 13.4. The molecule has 1 aromatic rings. The molecule has 0 aromatic heterocycles. The lowest BCUT2D eigenvalue weighted by atomic mass is 10.1. The molecule has 2 rings (SSSR count). The minimum absolute atomic E-state index is 0.0538. The number of ether oxygens (including phenoxy) is 2. The Kier molecular flexibility index (Phi) is 4.36. The Hall–Kier alpha value is -1.51. The summed E-state index contributed by atoms with van der Waals surface area (Å²) in [5.74, 6) is -1.71. The van der Waals surface area contributed by atoms with Gasteiger partial charge >= 0.3 is 5.97 Å². The normalized spacial score (nSPS) is 16.9. The Bertz CT molecular complexity index is 610. The van der Waals surface area contributed by atoms with Crippen molar-refractivity contribution < 1.29 is 27.1 Å². The first-order valence-electron chi connectivity index (χ1n) is 5.99. The van der Waals surface area contributed by atoms with Crippen molar-refractivity contribution in [1.29, 1.82) is 0 Å². The van der Waals surface area contributed by atoms with Crippen molar-refractivity contribution in [2.24, 2.45) is 5.14 Å². The summed E-state index contributed by atoms with van der Waals surface area (Å²) >= 11 is 0. The molecule has 1 aliphatic heterocycles. The second-order valence-corrected chi connectivity index (χ2v) is 5.94. The van der Waals surface area contributed by atoms with Crippen LogP contribution in [0.25, 0.3) is 0 Å². The van der Waals surface area contributed by atoms with Crippen LogP contribution in [0.5, 0.6) is 0 Å². The lowest BCUT2D eigenvalue weighted by Crippen LogP contribution is -2.26. The van der Waals surface area contributed by atoms with Crippen LogP contribution >= 0.6 is 0 Å². The molecule has 0 amide bonds. The van der Waals surface area contributed by atoms with E-state index in [4.69, 9.17) is 14.6 Å². The molecule has 110 valence electrons. The van der Waals surface area contributed by atoms with Crippen LogP contribution in [0.2, 0.25) is 0 Å². The monoisotopic (exact) mass is 303 g/mol. The Morgan fingerprint density at radius 2 is 2.00 bits per heavy atom. The van der Waals surface area contributed by atoms with Crippen molar-refractivity contribution in [2.45, 2.75) is 23.8 Å². The number of hydrogen-bond donors (Lipinski definition) is 1. The van der Waals surface area contributed by atoms with Crippen LogP contribution in [0.4, 0.5) is 4.39 Å². The van der Waals surface area contributed by atoms with Gasteiger partial charge < -0.3 is 9.47 Å². The molecule has 20 heavy (non-hydrogen) atoms. The zero-order valence-corrected chi connectivity index (χ0v) is 11.4. The number of rotatable bonds is 3. The smallest absolute Gasteiger partial charge is 0.338 e. The highest BCUT2D eigenvalue weighted by molar-refractivity contribution is 7.89. The Morgan fingerprint density at radius 3 is 2.60 bits per heavy atom. The molecule has 6 nitrogen and oxygen atoms in total. The van der Waals surface area contributed by atoms with Crippen molar-refractivity contribution in [3.63, 3.8) is 0 Å². The molecule has 1 heterocycles. The van der Waals surface area contributed by atoms with E-state index in [9.17, 15) is 17.6 Å². The average molecular weight is 303 g/mol. The van der Waals surface area contributed by atoms with Gasteiger partial charge in [-0.15, -0.1) is 0 Å². The second kappa shape index (κ2) is 5.86. The predicted octanol–water partition coefficient (Wildman–Crippen LogP) is 0.809. The van der Waals surface area contributed by atoms with Gasteiger partial charge in [-0.3, -0.25) is 0 Å². The van der Waals surface area contributed by atoms with Crippen LogP contribution in [0, 0.1) is 5.82 Å². The molecular weight excluding hydrogens is 289 g/mol. The van der Waals surface area contributed by atoms with Crippen molar-refractivity contribution in [3.05, 3.63) is 29.6 Å². The molecule has 1 saturated heterocycles. The molecule has 0 spiro atoms. The summed E-state index contributed by atoms with van der Waals surface area (Å²) in [6.07, 6.45) is 0.878. The standard InChI is InChI=1S/C12H14FNO5S/c13-10-2-1-8(7-11(10)20(14,16)17)12(15)19-9-3-5-18-6-4-9/h1-2,7,9H,3-6H2,(H2,14,16,17). The minimum Gasteiger partial charge on any atom is -0.459 e. The SMILES string of the molecule is NS(=O)(=O)c1cc(C(=O)OC2CCOCC2)ccc1F. The van der Waals surface area contributed by atoms with Crippen LogP contribution in [0.1, 0.15) is 23.2 Å². The first kappa shape index (κ1) is 14.9. The molecule has 0 unspecified atom stereocenters. The summed E-state index contributed by atoms with van der Waals surface area (Å²) < 4.78 is 46.1. The van der Waals surface area contributed by atoms with E-state index in [0.29, 0.717) is 26.1 Å². The third kappa shape index (κ3) is 3.53. The second-order valence-electron chi connectivity index (χ2n) is 4.41. The van der Waals surface area contributed by atoms with Gasteiger partial charge in [-0.2, -0.15) is 0 Å². The lowest BCUT2D eigenvalue weighted by molar-refractivity contribution is -0.0159. The van der Waals surface area contributed by atoms with Gasteiger partial charge in [0.2, 0.25) is 10.0 Å². The van der Waals surface area contributed by atoms with Gasteiger partial charge in [0.1, 0.15) is 16.8 Å². The predicted molar refractivity (Wildman–Crippen MR) is 67.0 cm³/mol. The topological polar surface area (TPSA) is 95.7 Å². The van der Waals surface area contributed by atoms with Crippen LogP contribution < -0.4 is 5.14 Å². The van der Waals surface area contributed by atoms with E-state index in [1.807, 2.05) is 0 Å². The summed E-state index contributed by atoms with van der Waals surface area (Å²) in [7, 11) is -4.23. The highest BCUT2D eigenvalue weighted by atomic mass is 32.2. The van der Waals surface area contributed by atoms with E-state index in [1.165, 1.54) is 0 Å². The van der Waals surface area contributed by atoms with E-state index in [1.54, 1.807) is 0 Å². The van der Waals surface area contributed by atoms with Gasteiger partial charge in [0.15, 0.2) is 0 Å². The van der Waals surface area contributed by atoms with Crippen LogP contribution in [0.15, 0.2) is 23.1 Å². The van der Waals surface area contributed by atoms with E-state index >= 15 is 0 Å². The van der Waals surface area contributed by atoms with Crippen molar-refractivity contribution >= 4 is 16.0 Å². The third-order valence-electron chi connectivity index (χ3n) is 2.92. The average Bonchev–Trinajstić information content (AvgIpc) is 2.39. The van der Waals surface area contributed by atoms with Gasteiger partial charge in [-0.1, -0.05) is 0 Å². The quantitative estimate of drug-likeness (QED) is 0.834. The van der Waals surface area contributed by atoms with Gasteiger partial charge in [0.25, 0.3) is 0 Å². The number of carbonyl (C=O) groups is 1. The number of halogens is 1. The van der Waals surface area contributed by atoms with Crippen molar-refractivity contribution in [1.82, 2.24) is 0 Å². The lowest BCUT2D eigenvalue weighted by Gasteiger charge is -2.22.